The normalized spacial score (nSPS) is 23.8. The molecule has 0 aromatic carbocycles. The lowest BCUT2D eigenvalue weighted by Gasteiger charge is -2.32. The molecule has 0 spiro atoms. The van der Waals surface area contributed by atoms with Gasteiger partial charge in [-0.2, -0.15) is 14.4 Å². The molecule has 47 heteroatoms. The maximum absolute atomic E-state index is 12.1. The third-order valence-electron chi connectivity index (χ3n) is 22.6. The van der Waals surface area contributed by atoms with Gasteiger partial charge in [0.2, 0.25) is 0 Å². The van der Waals surface area contributed by atoms with Crippen LogP contribution in [-0.4, -0.2) is 222 Å². The topological polar surface area (TPSA) is 511 Å². The van der Waals surface area contributed by atoms with Crippen molar-refractivity contribution in [2.45, 2.75) is 118 Å². The maximum Gasteiger partial charge on any atom is 0.491 e. The van der Waals surface area contributed by atoms with Gasteiger partial charge in [-0.25, -0.2) is 34.3 Å². The Morgan fingerprint density at radius 1 is 0.571 bits per heavy atom. The molecule has 10 aromatic heterocycles. The second-order valence-corrected chi connectivity index (χ2v) is 34.6. The lowest BCUT2D eigenvalue weighted by Crippen LogP contribution is -2.77. The fourth-order valence-electron chi connectivity index (χ4n) is 16.5. The van der Waals surface area contributed by atoms with Gasteiger partial charge in [0.1, 0.15) is 52.5 Å². The molecule has 1 unspecified atom stereocenters. The molecule has 10 aliphatic rings. The van der Waals surface area contributed by atoms with Gasteiger partial charge in [-0.1, -0.05) is 7.43 Å². The van der Waals surface area contributed by atoms with E-state index in [1.165, 1.54) is 9.47 Å². The molecular weight excluding hydrogens is 2010 g/mol. The predicted octanol–water partition coefficient (Wildman–Crippen LogP) is 2.81. The quantitative estimate of drug-likeness (QED) is 0.0768. The summed E-state index contributed by atoms with van der Waals surface area (Å²) in [5.41, 5.74) is 12.0. The van der Waals surface area contributed by atoms with E-state index >= 15 is 0 Å². The van der Waals surface area contributed by atoms with E-state index in [9.17, 15) is 63.0 Å². The molecule has 2 aliphatic carbocycles. The summed E-state index contributed by atoms with van der Waals surface area (Å²) in [6.07, 6.45) is 11.1. The van der Waals surface area contributed by atoms with E-state index < -0.39 is 18.0 Å². The smallest absolute Gasteiger partial charge is 0.412 e. The molecule has 10 amide bonds. The first-order chi connectivity index (χ1) is 55.2. The number of nitrogen functional groups attached to an aromatic ring is 1. The summed E-state index contributed by atoms with van der Waals surface area (Å²) < 4.78 is 23.7. The highest BCUT2D eigenvalue weighted by Crippen LogP contribution is 2.47. The molecule has 0 bridgehead atoms. The van der Waals surface area contributed by atoms with Crippen molar-refractivity contribution < 1.29 is 67.9 Å². The molecule has 119 heavy (non-hydrogen) atoms. The minimum Gasteiger partial charge on any atom is -0.412 e. The van der Waals surface area contributed by atoms with Crippen molar-refractivity contribution in [1.29, 1.82) is 0 Å². The zero-order chi connectivity index (χ0) is 82.7. The Hall–Kier alpha value is -9.88. The number of carbonyl (C=O) groups is 8. The lowest BCUT2D eigenvalue weighted by molar-refractivity contribution is -0.388. The van der Waals surface area contributed by atoms with Crippen molar-refractivity contribution in [1.82, 2.24) is 108 Å². The van der Waals surface area contributed by atoms with Gasteiger partial charge in [0.25, 0.3) is 29.5 Å². The van der Waals surface area contributed by atoms with Gasteiger partial charge in [0, 0.05) is 134 Å². The van der Waals surface area contributed by atoms with Crippen LogP contribution < -0.4 is 65.0 Å². The van der Waals surface area contributed by atoms with Crippen LogP contribution in [0, 0.1) is 0 Å². The first kappa shape index (κ1) is 88.4. The number of nitrogens with one attached hydrogen (secondary N) is 12. The molecule has 633 valence electrons. The summed E-state index contributed by atoms with van der Waals surface area (Å²) in [7, 11) is 8.46. The molecule has 12 atom stereocenters. The number of aromatic nitrogens is 14. The molecule has 3 fully saturated rings. The zero-order valence-electron chi connectivity index (χ0n) is 62.8. The Morgan fingerprint density at radius 3 is 1.61 bits per heavy atom. The molecule has 10 aromatic rings. The number of nitrogens with two attached hydrogens (primary N) is 1. The van der Waals surface area contributed by atoms with Gasteiger partial charge in [0.15, 0.2) is 29.6 Å². The minimum absolute atomic E-state index is 0. The molecule has 18 heterocycles. The van der Waals surface area contributed by atoms with E-state index in [-0.39, 0.29) is 145 Å². The third kappa shape index (κ3) is 16.1. The molecule has 1 saturated heterocycles. The number of likely N-dealkylation sites (N-methyl/N-ethyl adjacent to an activating group) is 1. The molecular formula is C72H86BBr7N25O14+2. The Kier molecular flexibility index (Phi) is 25.8. The highest BCUT2D eigenvalue weighted by molar-refractivity contribution is 9.13. The van der Waals surface area contributed by atoms with E-state index in [0.717, 1.165) is 68.8 Å². The van der Waals surface area contributed by atoms with Crippen molar-refractivity contribution in [3.63, 3.8) is 0 Å². The number of hydrogen-bond donors (Lipinski definition) is 15. The number of aliphatic hydroxyl groups is 2. The summed E-state index contributed by atoms with van der Waals surface area (Å²) in [5.74, 6) is -0.436. The third-order valence-corrected chi connectivity index (χ3v) is 27.7. The standard InChI is InChI=1S/2C12H13BrN4O3.C12H11BrN4O2.C12H13BrN4O2.C12H11BrN4O2.C11H11Br2N5O.CH4.B.H2O.3H2/c1-16-11(19)15-9-8-6(4-12(9,16)20)17-5(10(18)14-8)2-3-7(17)13;1-16-6(5-14-12(16)20)4-8-11(19)15-10(18)7-2-3-9(13)17(7)8;1-16-6-4-7-10(9(6)15-12(16)19)14-11(18)5-2-3-8(13)17(5)7;2*1-16-7(5-15-12(16)19)4-8-6-14-11(18)9-2-3-10(13)17(8)9;12-7-2-8-10(19)15-4-6(18(8)9(7)13)1-5-3-16-11(14)17-5;;;;;;/h2-3,6,8-9,20H,4H2,1H3,(H,14,18)(H,15,19);2-3,5,8,11,19H,4H2,1H3,(H,14,20)(H,15,18);2-3,7,9-10H,4H2,1H3,(H-,14,15,18,19);2-3,5,8H,4,6H2,1H3,(H,14,18)(H,15,19);2-3,5-6,8H,4H2,1H3,(H,15,19);2-3,6H,1,4H2,(H,15,19)(H3,14,16,17);1H4;;1H2;3*1H/p+2/t6-,8-,9+,12+;8-,11?;7-,9-,10-;2*8-;6-;;;;;;/m111110....../s1/i;;;;;;;;;3*1+1. The van der Waals surface area contributed by atoms with E-state index in [2.05, 4.69) is 179 Å². The second-order valence-electron chi connectivity index (χ2n) is 28.9. The second kappa shape index (κ2) is 34.7. The number of aromatic amines is 4. The molecule has 3 radical (unpaired) electrons. The SMILES string of the molecule is C.CN1C(=O)N[C@H]2[C@@H]3NC(=O)c4ccc(Br)n4[C@@H]3C[C@]21O.C[N+]1=C2C[C@@H]3[C@@H](NC(=O)c4ccc(Br)n43)[C@@H]2NC1=O.Cn1c(C[C@@H]2C(O)NC(=O)c3ccc(Br)n32)c[nH]c1=O.Cn1c(C[C@@H]2C=[NH+]C(=O)c3ccc(Br)n32)c[nH]c1=O.Cn1c(C[C@@H]2CNC(=O)c3ccc(Br)n32)c[nH]c1=O.Nc1ncc(C[C@H]2CNC(=O)c3cc(Br)c(Br)n32)[nH]1.O.[2HH].[2HH].[2HH].[B]. The van der Waals surface area contributed by atoms with Crippen LogP contribution in [0.2, 0.25) is 0 Å². The minimum atomic E-state index is -1.27. The average Bonchev–Trinajstić information content (AvgIpc) is 1.55. The fraction of sp³-hybridized carbons (Fsp3) is 0.361. The van der Waals surface area contributed by atoms with Crippen molar-refractivity contribution in [2.75, 3.05) is 32.9 Å². The van der Waals surface area contributed by atoms with Crippen molar-refractivity contribution in [3.05, 3.63) is 212 Å². The predicted molar refractivity (Wildman–Crippen MR) is 463 cm³/mol. The van der Waals surface area contributed by atoms with Gasteiger partial charge in [-0.15, -0.1) is 0 Å². The number of hydrogen-bond acceptors (Lipinski definition) is 15. The fourth-order valence-corrected chi connectivity index (χ4v) is 20.5. The molecule has 8 aliphatic heterocycles. The van der Waals surface area contributed by atoms with E-state index in [1.807, 2.05) is 59.2 Å². The van der Waals surface area contributed by atoms with E-state index in [0.29, 0.717) is 83.5 Å². The number of carbonyl (C=O) groups excluding carboxylic acids is 8. The van der Waals surface area contributed by atoms with E-state index in [1.54, 1.807) is 115 Å². The number of amides is 10. The molecule has 2 saturated carbocycles. The highest BCUT2D eigenvalue weighted by Gasteiger charge is 2.64. The van der Waals surface area contributed by atoms with Crippen LogP contribution in [0.1, 0.15) is 147 Å². The van der Waals surface area contributed by atoms with Gasteiger partial charge in [-0.05, 0) is 178 Å². The first-order valence-electron chi connectivity index (χ1n) is 36.1. The Morgan fingerprint density at radius 2 is 1.05 bits per heavy atom. The zero-order valence-corrected chi connectivity index (χ0v) is 73.9. The first-order valence-corrected chi connectivity index (χ1v) is 41.6. The van der Waals surface area contributed by atoms with Crippen LogP contribution in [-0.2, 0) is 46.8 Å². The Bertz CT molecular complexity index is 5980. The summed E-state index contributed by atoms with van der Waals surface area (Å²) >= 11 is 24.2. The van der Waals surface area contributed by atoms with Crippen molar-refractivity contribution in [2.24, 2.45) is 21.1 Å². The van der Waals surface area contributed by atoms with Crippen molar-refractivity contribution in [3.8, 4) is 0 Å². The molecule has 18 N–H and O–H groups in total. The number of fused-ring (bicyclic) bond motifs is 14. The number of halogens is 7. The highest BCUT2D eigenvalue weighted by atomic mass is 79.9. The van der Waals surface area contributed by atoms with Crippen LogP contribution in [0.15, 0.2) is 138 Å². The van der Waals surface area contributed by atoms with Gasteiger partial charge in [0.05, 0.1) is 87.6 Å². The number of aliphatic hydroxyl groups excluding tert-OH is 1. The lowest BCUT2D eigenvalue weighted by atomic mass is 10.1. The monoisotopic (exact) mass is 2090 g/mol. The van der Waals surface area contributed by atoms with Gasteiger partial charge < -0.3 is 101 Å². The van der Waals surface area contributed by atoms with Crippen LogP contribution >= 0.6 is 112 Å². The van der Waals surface area contributed by atoms with Crippen molar-refractivity contribution >= 4 is 185 Å². The van der Waals surface area contributed by atoms with Crippen LogP contribution in [0.25, 0.3) is 0 Å². The van der Waals surface area contributed by atoms with E-state index in [4.69, 9.17) is 5.73 Å². The maximum atomic E-state index is 12.1. The summed E-state index contributed by atoms with van der Waals surface area (Å²) in [5, 5.41) is 40.8. The summed E-state index contributed by atoms with van der Waals surface area (Å²) in [6, 6.07) is 18.3. The molecule has 39 nitrogen and oxygen atoms in total. The summed E-state index contributed by atoms with van der Waals surface area (Å²) in [4.78, 5) is 148. The Labute approximate surface area is 740 Å². The average molecular weight is 2100 g/mol. The number of H-pyrrole nitrogens is 4. The number of nitrogens with zero attached hydrogens (tertiary/aromatic N) is 12. The number of rotatable bonds is 8. The van der Waals surface area contributed by atoms with Gasteiger partial charge in [-0.3, -0.25) is 42.6 Å². The van der Waals surface area contributed by atoms with Crippen LogP contribution in [0.4, 0.5) is 15.5 Å². The number of imidazole rings is 4. The Balaban J connectivity index is 0.000000165. The number of anilines is 1. The summed E-state index contributed by atoms with van der Waals surface area (Å²) in [6.45, 7) is 1.13. The molecule has 20 rings (SSSR count). The van der Waals surface area contributed by atoms with Crippen LogP contribution in [0.5, 0.6) is 0 Å². The van der Waals surface area contributed by atoms with Crippen LogP contribution in [0.3, 0.4) is 0 Å². The number of urea groups is 2. The largest absolute Gasteiger partial charge is 0.491 e. The van der Waals surface area contributed by atoms with Gasteiger partial charge >= 0.3 is 35.0 Å².